The first-order valence-electron chi connectivity index (χ1n) is 5.17. The first kappa shape index (κ1) is 12.3. The zero-order valence-electron chi connectivity index (χ0n) is 9.22. The summed E-state index contributed by atoms with van der Waals surface area (Å²) in [5, 5.41) is 0.829. The van der Waals surface area contributed by atoms with Crippen molar-refractivity contribution in [2.24, 2.45) is 0 Å². The minimum Gasteiger partial charge on any atom is -0.236 e. The Hall–Kier alpha value is -1.20. The number of rotatable bonds is 3. The van der Waals surface area contributed by atoms with Gasteiger partial charge in [-0.1, -0.05) is 18.5 Å². The van der Waals surface area contributed by atoms with Gasteiger partial charge in [0.05, 0.1) is 16.2 Å². The molecule has 0 aliphatic carbocycles. The Bertz CT molecular complexity index is 656. The smallest absolute Gasteiger partial charge is 0.178 e. The van der Waals surface area contributed by atoms with Crippen LogP contribution >= 0.6 is 11.6 Å². The van der Waals surface area contributed by atoms with Crippen LogP contribution in [0.4, 0.5) is 0 Å². The highest BCUT2D eigenvalue weighted by atomic mass is 35.5. The largest absolute Gasteiger partial charge is 0.236 e. The summed E-state index contributed by atoms with van der Waals surface area (Å²) in [5.74, 6) is 0.129. The molecule has 0 atom stereocenters. The van der Waals surface area contributed by atoms with Crippen molar-refractivity contribution in [2.75, 3.05) is 5.75 Å². The third-order valence-electron chi connectivity index (χ3n) is 2.39. The summed E-state index contributed by atoms with van der Waals surface area (Å²) in [6.07, 6.45) is 1.93. The van der Waals surface area contributed by atoms with E-state index in [2.05, 4.69) is 9.97 Å². The molecule has 0 N–H and O–H groups in total. The second-order valence-corrected chi connectivity index (χ2v) is 6.13. The highest BCUT2D eigenvalue weighted by Crippen LogP contribution is 2.23. The molecule has 0 saturated carbocycles. The van der Waals surface area contributed by atoms with Crippen LogP contribution in [0, 0.1) is 0 Å². The zero-order chi connectivity index (χ0) is 12.5. The number of sulfone groups is 1. The van der Waals surface area contributed by atoms with E-state index in [-0.39, 0.29) is 15.8 Å². The van der Waals surface area contributed by atoms with Gasteiger partial charge in [0, 0.05) is 5.39 Å². The van der Waals surface area contributed by atoms with E-state index < -0.39 is 9.84 Å². The molecule has 1 aromatic carbocycles. The van der Waals surface area contributed by atoms with Crippen LogP contribution in [-0.4, -0.2) is 24.1 Å². The molecule has 0 bridgehead atoms. The minimum absolute atomic E-state index is 0.129. The van der Waals surface area contributed by atoms with Gasteiger partial charge in [-0.2, -0.15) is 0 Å². The fourth-order valence-corrected chi connectivity index (χ4v) is 3.13. The first-order valence-corrected chi connectivity index (χ1v) is 7.20. The molecule has 0 fully saturated rings. The second-order valence-electron chi connectivity index (χ2n) is 3.66. The minimum atomic E-state index is -3.23. The number of fused-ring (bicyclic) bond motifs is 1. The number of nitrogens with zero attached hydrogens (tertiary/aromatic N) is 2. The van der Waals surface area contributed by atoms with Gasteiger partial charge in [-0.3, -0.25) is 0 Å². The Morgan fingerprint density at radius 3 is 2.76 bits per heavy atom. The summed E-state index contributed by atoms with van der Waals surface area (Å²) in [6.45, 7) is 1.83. The summed E-state index contributed by atoms with van der Waals surface area (Å²) in [4.78, 5) is 8.12. The first-order chi connectivity index (χ1) is 8.04. The normalized spacial score (nSPS) is 11.9. The van der Waals surface area contributed by atoms with Crippen molar-refractivity contribution in [3.63, 3.8) is 0 Å². The van der Waals surface area contributed by atoms with Gasteiger partial charge in [0.1, 0.15) is 11.5 Å². The molecule has 0 unspecified atom stereocenters. The van der Waals surface area contributed by atoms with E-state index in [0.29, 0.717) is 17.3 Å². The molecule has 0 amide bonds. The number of aromatic nitrogens is 2. The van der Waals surface area contributed by atoms with E-state index in [9.17, 15) is 8.42 Å². The van der Waals surface area contributed by atoms with E-state index in [1.807, 2.05) is 6.92 Å². The lowest BCUT2D eigenvalue weighted by molar-refractivity contribution is 0.595. The van der Waals surface area contributed by atoms with E-state index in [0.717, 1.165) is 0 Å². The van der Waals surface area contributed by atoms with E-state index in [1.165, 1.54) is 12.4 Å². The Kier molecular flexibility index (Phi) is 3.31. The van der Waals surface area contributed by atoms with Gasteiger partial charge in [0.2, 0.25) is 0 Å². The fourth-order valence-electron chi connectivity index (χ4n) is 1.58. The van der Waals surface area contributed by atoms with Crippen LogP contribution in [0.1, 0.15) is 13.3 Å². The number of hydrogen-bond acceptors (Lipinski definition) is 4. The molecule has 0 spiro atoms. The van der Waals surface area contributed by atoms with E-state index in [4.69, 9.17) is 11.6 Å². The van der Waals surface area contributed by atoms with Crippen molar-refractivity contribution in [3.05, 3.63) is 29.7 Å². The number of hydrogen-bond donors (Lipinski definition) is 0. The summed E-state index contributed by atoms with van der Waals surface area (Å²) in [5.41, 5.74) is 0.639. The van der Waals surface area contributed by atoms with Crippen LogP contribution in [0.2, 0.25) is 5.15 Å². The molecule has 0 aliphatic rings. The lowest BCUT2D eigenvalue weighted by atomic mass is 10.2. The highest BCUT2D eigenvalue weighted by molar-refractivity contribution is 7.91. The lowest BCUT2D eigenvalue weighted by Gasteiger charge is -2.04. The van der Waals surface area contributed by atoms with Crippen molar-refractivity contribution in [1.29, 1.82) is 0 Å². The molecular formula is C11H11ClN2O2S. The molecule has 0 radical (unpaired) electrons. The molecule has 0 saturated heterocycles. The molecular weight excluding hydrogens is 260 g/mol. The van der Waals surface area contributed by atoms with Gasteiger partial charge in [-0.15, -0.1) is 0 Å². The molecule has 4 nitrogen and oxygen atoms in total. The predicted molar refractivity (Wildman–Crippen MR) is 66.9 cm³/mol. The Morgan fingerprint density at radius 1 is 1.29 bits per heavy atom. The number of benzene rings is 1. The molecule has 17 heavy (non-hydrogen) atoms. The summed E-state index contributed by atoms with van der Waals surface area (Å²) >= 11 is 5.91. The quantitative estimate of drug-likeness (QED) is 0.804. The summed E-state index contributed by atoms with van der Waals surface area (Å²) < 4.78 is 23.8. The average molecular weight is 271 g/mol. The van der Waals surface area contributed by atoms with Gasteiger partial charge in [0.25, 0.3) is 0 Å². The molecule has 6 heteroatoms. The maximum atomic E-state index is 11.9. The topological polar surface area (TPSA) is 59.9 Å². The molecule has 0 aliphatic heterocycles. The summed E-state index contributed by atoms with van der Waals surface area (Å²) in [7, 11) is -3.23. The zero-order valence-corrected chi connectivity index (χ0v) is 10.8. The SMILES string of the molecule is CCCS(=O)(=O)c1ccc2ncnc(Cl)c2c1. The third-order valence-corrected chi connectivity index (χ3v) is 4.61. The van der Waals surface area contributed by atoms with Crippen LogP contribution in [0.5, 0.6) is 0 Å². The van der Waals surface area contributed by atoms with Crippen LogP contribution in [-0.2, 0) is 9.84 Å². The van der Waals surface area contributed by atoms with Crippen molar-refractivity contribution in [3.8, 4) is 0 Å². The van der Waals surface area contributed by atoms with Gasteiger partial charge < -0.3 is 0 Å². The number of halogens is 1. The van der Waals surface area contributed by atoms with Crippen molar-refractivity contribution in [2.45, 2.75) is 18.2 Å². The van der Waals surface area contributed by atoms with Gasteiger partial charge in [-0.25, -0.2) is 18.4 Å². The Balaban J connectivity index is 2.63. The van der Waals surface area contributed by atoms with Crippen LogP contribution in [0.15, 0.2) is 29.4 Å². The molecule has 2 aromatic rings. The van der Waals surface area contributed by atoms with Crippen LogP contribution in [0.25, 0.3) is 10.9 Å². The second kappa shape index (κ2) is 4.58. The molecule has 90 valence electrons. The van der Waals surface area contributed by atoms with Crippen LogP contribution < -0.4 is 0 Å². The monoisotopic (exact) mass is 270 g/mol. The maximum absolute atomic E-state index is 11.9. The third kappa shape index (κ3) is 2.40. The van der Waals surface area contributed by atoms with Gasteiger partial charge in [-0.05, 0) is 24.6 Å². The molecule has 1 heterocycles. The Labute approximate surface area is 105 Å². The van der Waals surface area contributed by atoms with Gasteiger partial charge >= 0.3 is 0 Å². The van der Waals surface area contributed by atoms with E-state index >= 15 is 0 Å². The Morgan fingerprint density at radius 2 is 2.06 bits per heavy atom. The lowest BCUT2D eigenvalue weighted by Crippen LogP contribution is -2.05. The van der Waals surface area contributed by atoms with Crippen molar-refractivity contribution in [1.82, 2.24) is 9.97 Å². The summed E-state index contributed by atoms with van der Waals surface area (Å²) in [6, 6.07) is 4.73. The van der Waals surface area contributed by atoms with Crippen LogP contribution in [0.3, 0.4) is 0 Å². The standard InChI is InChI=1S/C11H11ClN2O2S/c1-2-5-17(15,16)8-3-4-10-9(6-8)11(12)14-7-13-10/h3-4,6-7H,2,5H2,1H3. The fraction of sp³-hybridized carbons (Fsp3) is 0.273. The van der Waals surface area contributed by atoms with Crippen molar-refractivity contribution >= 4 is 32.3 Å². The maximum Gasteiger partial charge on any atom is 0.178 e. The predicted octanol–water partition coefficient (Wildman–Crippen LogP) is 2.47. The average Bonchev–Trinajstić information content (AvgIpc) is 2.29. The van der Waals surface area contributed by atoms with Crippen molar-refractivity contribution < 1.29 is 8.42 Å². The molecule has 1 aromatic heterocycles. The van der Waals surface area contributed by atoms with E-state index in [1.54, 1.807) is 12.1 Å². The highest BCUT2D eigenvalue weighted by Gasteiger charge is 2.14. The van der Waals surface area contributed by atoms with Gasteiger partial charge in [0.15, 0.2) is 9.84 Å². The molecule has 2 rings (SSSR count).